The minimum absolute atomic E-state index is 0.259. The van der Waals surface area contributed by atoms with Crippen LogP contribution in [0.2, 0.25) is 0 Å². The summed E-state index contributed by atoms with van der Waals surface area (Å²) in [4.78, 5) is 11.4. The summed E-state index contributed by atoms with van der Waals surface area (Å²) in [6.07, 6.45) is 0. The van der Waals surface area contributed by atoms with Crippen LogP contribution < -0.4 is 0 Å². The largest absolute Gasteiger partial charge is 0.465 e. The molecule has 14 heavy (non-hydrogen) atoms. The summed E-state index contributed by atoms with van der Waals surface area (Å²) in [5, 5.41) is 0. The fourth-order valence-electron chi connectivity index (χ4n) is 1.89. The Balaban J connectivity index is 3.23. The Kier molecular flexibility index (Phi) is 2.99. The van der Waals surface area contributed by atoms with Crippen molar-refractivity contribution >= 4 is 5.97 Å². The number of hydrogen-bond acceptors (Lipinski definition) is 2. The van der Waals surface area contributed by atoms with E-state index in [0.29, 0.717) is 11.6 Å². The summed E-state index contributed by atoms with van der Waals surface area (Å²) in [5.74, 6) is -0.259. The number of rotatable bonds is 2. The maximum absolute atomic E-state index is 11.4. The Hall–Kier alpha value is -1.25. The molecule has 0 unspecified atom stereocenters. The molecular weight excluding hydrogens is 178 g/mol. The molecule has 0 aliphatic carbocycles. The summed E-state index contributed by atoms with van der Waals surface area (Å²) in [7, 11) is 1.41. The van der Waals surface area contributed by atoms with E-state index < -0.39 is 0 Å². The van der Waals surface area contributed by atoms with Gasteiger partial charge in [0.2, 0.25) is 0 Å². The highest BCUT2D eigenvalue weighted by Gasteiger charge is 2.16. The molecule has 0 N–H and O–H groups in total. The van der Waals surface area contributed by atoms with Gasteiger partial charge >= 0.3 is 5.97 Å². The van der Waals surface area contributed by atoms with Crippen LogP contribution >= 0.6 is 0 Å². The Morgan fingerprint density at radius 1 is 1.43 bits per heavy atom. The molecule has 0 aliphatic heterocycles. The van der Waals surface area contributed by atoms with E-state index in [-0.39, 0.29) is 5.97 Å². The normalized spacial score (nSPS) is 10.7. The molecule has 0 aliphatic rings. The fourth-order valence-corrected chi connectivity index (χ4v) is 1.89. The lowest BCUT2D eigenvalue weighted by Gasteiger charge is -2.13. The molecule has 1 heterocycles. The number of methoxy groups -OCH3 is 1. The minimum Gasteiger partial charge on any atom is -0.465 e. The van der Waals surface area contributed by atoms with Gasteiger partial charge in [0, 0.05) is 17.4 Å². The van der Waals surface area contributed by atoms with Gasteiger partial charge in [-0.2, -0.15) is 0 Å². The Morgan fingerprint density at radius 3 is 2.36 bits per heavy atom. The van der Waals surface area contributed by atoms with E-state index in [1.54, 1.807) is 0 Å². The van der Waals surface area contributed by atoms with Gasteiger partial charge in [-0.05, 0) is 33.8 Å². The van der Waals surface area contributed by atoms with Gasteiger partial charge < -0.3 is 9.30 Å². The number of esters is 1. The Morgan fingerprint density at radius 2 is 2.00 bits per heavy atom. The van der Waals surface area contributed by atoms with E-state index >= 15 is 0 Å². The maximum atomic E-state index is 11.4. The number of aromatic nitrogens is 1. The predicted molar refractivity (Wildman–Crippen MR) is 55.6 cm³/mol. The van der Waals surface area contributed by atoms with E-state index in [9.17, 15) is 4.79 Å². The van der Waals surface area contributed by atoms with Crippen LogP contribution in [0.4, 0.5) is 0 Å². The van der Waals surface area contributed by atoms with Crippen molar-refractivity contribution in [2.24, 2.45) is 0 Å². The van der Waals surface area contributed by atoms with Gasteiger partial charge in [0.05, 0.1) is 12.7 Å². The lowest BCUT2D eigenvalue weighted by atomic mass is 10.2. The monoisotopic (exact) mass is 195 g/mol. The SMILES string of the molecule is COC(=O)c1cc(C)n(C(C)C)c1C. The molecule has 1 aromatic rings. The molecular formula is C11H17NO2. The number of nitrogens with zero attached hydrogens (tertiary/aromatic N) is 1. The second-order valence-corrected chi connectivity index (χ2v) is 3.74. The van der Waals surface area contributed by atoms with Gasteiger partial charge in [-0.15, -0.1) is 0 Å². The van der Waals surface area contributed by atoms with E-state index in [1.807, 2.05) is 19.9 Å². The molecule has 0 atom stereocenters. The van der Waals surface area contributed by atoms with Gasteiger partial charge in [0.1, 0.15) is 0 Å². The lowest BCUT2D eigenvalue weighted by molar-refractivity contribution is 0.0599. The third-order valence-electron chi connectivity index (χ3n) is 2.41. The first-order valence-electron chi connectivity index (χ1n) is 4.75. The average molecular weight is 195 g/mol. The van der Waals surface area contributed by atoms with E-state index in [0.717, 1.165) is 11.4 Å². The first-order chi connectivity index (χ1) is 6.49. The molecule has 0 amide bonds. The Labute approximate surface area is 84.7 Å². The number of carbonyl (C=O) groups is 1. The molecule has 0 bridgehead atoms. The zero-order valence-corrected chi connectivity index (χ0v) is 9.42. The molecule has 0 radical (unpaired) electrons. The fraction of sp³-hybridized carbons (Fsp3) is 0.545. The van der Waals surface area contributed by atoms with Crippen LogP contribution in [0.1, 0.15) is 41.6 Å². The zero-order valence-electron chi connectivity index (χ0n) is 9.42. The molecule has 0 saturated heterocycles. The number of ether oxygens (including phenoxy) is 1. The van der Waals surface area contributed by atoms with Gasteiger partial charge in [0.25, 0.3) is 0 Å². The van der Waals surface area contributed by atoms with Crippen molar-refractivity contribution in [3.63, 3.8) is 0 Å². The van der Waals surface area contributed by atoms with Gasteiger partial charge in [0.15, 0.2) is 0 Å². The third kappa shape index (κ3) is 1.67. The quantitative estimate of drug-likeness (QED) is 0.679. The highest BCUT2D eigenvalue weighted by atomic mass is 16.5. The highest BCUT2D eigenvalue weighted by molar-refractivity contribution is 5.91. The molecule has 78 valence electrons. The molecule has 1 aromatic heterocycles. The van der Waals surface area contributed by atoms with Crippen LogP contribution in [-0.4, -0.2) is 17.6 Å². The first kappa shape index (κ1) is 10.8. The molecule has 0 saturated carbocycles. The van der Waals surface area contributed by atoms with Gasteiger partial charge in [-0.1, -0.05) is 0 Å². The first-order valence-corrected chi connectivity index (χ1v) is 4.75. The van der Waals surface area contributed by atoms with Crippen molar-refractivity contribution < 1.29 is 9.53 Å². The molecule has 3 heteroatoms. The van der Waals surface area contributed by atoms with Crippen molar-refractivity contribution in [2.75, 3.05) is 7.11 Å². The smallest absolute Gasteiger partial charge is 0.339 e. The van der Waals surface area contributed by atoms with Gasteiger partial charge in [-0.3, -0.25) is 0 Å². The maximum Gasteiger partial charge on any atom is 0.339 e. The van der Waals surface area contributed by atoms with Crippen LogP contribution in [-0.2, 0) is 4.74 Å². The van der Waals surface area contributed by atoms with Gasteiger partial charge in [-0.25, -0.2) is 4.79 Å². The van der Waals surface area contributed by atoms with Crippen LogP contribution in [0.5, 0.6) is 0 Å². The highest BCUT2D eigenvalue weighted by Crippen LogP contribution is 2.20. The van der Waals surface area contributed by atoms with E-state index in [1.165, 1.54) is 7.11 Å². The Bertz CT molecular complexity index is 350. The average Bonchev–Trinajstić information content (AvgIpc) is 2.40. The predicted octanol–water partition coefficient (Wildman–Crippen LogP) is 2.47. The molecule has 0 spiro atoms. The van der Waals surface area contributed by atoms with Crippen molar-refractivity contribution in [2.45, 2.75) is 33.7 Å². The summed E-state index contributed by atoms with van der Waals surface area (Å²) < 4.78 is 6.84. The van der Waals surface area contributed by atoms with Crippen LogP contribution in [0.3, 0.4) is 0 Å². The van der Waals surface area contributed by atoms with E-state index in [4.69, 9.17) is 4.74 Å². The molecule has 0 aromatic carbocycles. The number of aryl methyl sites for hydroxylation is 1. The lowest BCUT2D eigenvalue weighted by Crippen LogP contribution is -2.07. The van der Waals surface area contributed by atoms with Crippen molar-refractivity contribution in [1.29, 1.82) is 0 Å². The number of carbonyl (C=O) groups excluding carboxylic acids is 1. The zero-order chi connectivity index (χ0) is 10.9. The summed E-state index contributed by atoms with van der Waals surface area (Å²) in [5.41, 5.74) is 2.74. The van der Waals surface area contributed by atoms with Crippen LogP contribution in [0.15, 0.2) is 6.07 Å². The standard InChI is InChI=1S/C11H17NO2/c1-7(2)12-8(3)6-10(9(12)4)11(13)14-5/h6-7H,1-5H3. The minimum atomic E-state index is -0.259. The van der Waals surface area contributed by atoms with Crippen LogP contribution in [0, 0.1) is 13.8 Å². The summed E-state index contributed by atoms with van der Waals surface area (Å²) in [6.45, 7) is 8.14. The van der Waals surface area contributed by atoms with Crippen molar-refractivity contribution in [3.8, 4) is 0 Å². The molecule has 0 fully saturated rings. The van der Waals surface area contributed by atoms with Crippen LogP contribution in [0.25, 0.3) is 0 Å². The summed E-state index contributed by atoms with van der Waals surface area (Å²) >= 11 is 0. The van der Waals surface area contributed by atoms with E-state index in [2.05, 4.69) is 18.4 Å². The number of hydrogen-bond donors (Lipinski definition) is 0. The third-order valence-corrected chi connectivity index (χ3v) is 2.41. The second kappa shape index (κ2) is 3.86. The second-order valence-electron chi connectivity index (χ2n) is 3.74. The molecule has 1 rings (SSSR count). The molecule has 3 nitrogen and oxygen atoms in total. The summed E-state index contributed by atoms with van der Waals surface area (Å²) in [6, 6.07) is 2.25. The van der Waals surface area contributed by atoms with Crippen molar-refractivity contribution in [3.05, 3.63) is 23.0 Å². The van der Waals surface area contributed by atoms with Crippen molar-refractivity contribution in [1.82, 2.24) is 4.57 Å². The topological polar surface area (TPSA) is 31.2 Å².